The number of amides is 5. The number of imide groups is 1. The average molecular weight is 1170 g/mol. The second kappa shape index (κ2) is 46.2. The number of hydrogen-bond donors (Lipinski definition) is 6. The zero-order valence-corrected chi connectivity index (χ0v) is 48.5. The Bertz CT molecular complexity index is 2230. The van der Waals surface area contributed by atoms with Crippen LogP contribution in [0.25, 0.3) is 6.08 Å². The minimum atomic E-state index is -0.429. The molecule has 27 heteroatoms. The number of aliphatic imine (C=N–C) groups is 1. The highest BCUT2D eigenvalue weighted by Gasteiger charge is 2.24. The van der Waals surface area contributed by atoms with E-state index in [0.29, 0.717) is 167 Å². The number of carbonyl (C=O) groups is 6. The lowest BCUT2D eigenvalue weighted by molar-refractivity contribution is -0.138. The molecule has 1 fully saturated rings. The molecule has 464 valence electrons. The Balaban J connectivity index is 0.00000123. The number of nitrogens with zero attached hydrogens (tertiary/aromatic N) is 5. The van der Waals surface area contributed by atoms with Gasteiger partial charge in [-0.15, -0.1) is 0 Å². The molecular formula is C56H88N10O17. The van der Waals surface area contributed by atoms with Crippen molar-refractivity contribution >= 4 is 64.9 Å². The van der Waals surface area contributed by atoms with Crippen molar-refractivity contribution in [2.45, 2.75) is 52.0 Å². The summed E-state index contributed by atoms with van der Waals surface area (Å²) in [5, 5.41) is 19.4. The molecule has 0 unspecified atom stereocenters. The van der Waals surface area contributed by atoms with E-state index in [2.05, 4.69) is 41.1 Å². The van der Waals surface area contributed by atoms with Crippen molar-refractivity contribution < 1.29 is 81.2 Å². The number of ether oxygens (including phenoxy) is 10. The van der Waals surface area contributed by atoms with Crippen LogP contribution < -0.4 is 31.9 Å². The first-order chi connectivity index (χ1) is 40.5. The first kappa shape index (κ1) is 71.1. The van der Waals surface area contributed by atoms with Gasteiger partial charge in [0.1, 0.15) is 23.6 Å². The highest BCUT2D eigenvalue weighted by Crippen LogP contribution is 2.27. The van der Waals surface area contributed by atoms with Gasteiger partial charge in [-0.05, 0) is 57.5 Å². The molecule has 5 amide bonds. The molecule has 0 aliphatic carbocycles. The van der Waals surface area contributed by atoms with Gasteiger partial charge in [0.15, 0.2) is 0 Å². The number of carbonyl (C=O) groups excluding carboxylic acids is 6. The number of hydrogen-bond acceptors (Lipinski definition) is 23. The number of rotatable bonds is 42. The minimum Gasteiger partial charge on any atom is -0.397 e. The van der Waals surface area contributed by atoms with Crippen LogP contribution in [0.5, 0.6) is 0 Å². The Morgan fingerprint density at radius 1 is 0.687 bits per heavy atom. The second-order valence-corrected chi connectivity index (χ2v) is 18.1. The summed E-state index contributed by atoms with van der Waals surface area (Å²) in [7, 11) is 1.89. The van der Waals surface area contributed by atoms with E-state index in [9.17, 15) is 28.8 Å². The number of fused-ring (bicyclic) bond motifs is 1. The van der Waals surface area contributed by atoms with Crippen molar-refractivity contribution in [1.29, 1.82) is 0 Å². The van der Waals surface area contributed by atoms with E-state index in [-0.39, 0.29) is 55.4 Å². The molecule has 5 rings (SSSR count). The Morgan fingerprint density at radius 3 is 1.64 bits per heavy atom. The monoisotopic (exact) mass is 1170 g/mol. The average Bonchev–Trinajstić information content (AvgIpc) is 3.95. The molecule has 1 saturated heterocycles. The molecule has 0 bridgehead atoms. The van der Waals surface area contributed by atoms with E-state index in [1.165, 1.54) is 6.20 Å². The van der Waals surface area contributed by atoms with Crippen LogP contribution in [0.4, 0.5) is 17.2 Å². The Kier molecular flexibility index (Phi) is 39.6. The number of aliphatic hydroxyl groups excluding tert-OH is 1. The third-order valence-corrected chi connectivity index (χ3v) is 11.6. The Hall–Kier alpha value is -6.21. The highest BCUT2D eigenvalue weighted by molar-refractivity contribution is 6.13. The van der Waals surface area contributed by atoms with Gasteiger partial charge in [0.25, 0.3) is 17.7 Å². The summed E-state index contributed by atoms with van der Waals surface area (Å²) in [6, 6.07) is 5.26. The third kappa shape index (κ3) is 32.4. The number of aldehydes is 1. The number of amidine groups is 1. The van der Waals surface area contributed by atoms with E-state index >= 15 is 0 Å². The smallest absolute Gasteiger partial charge is 0.274 e. The van der Waals surface area contributed by atoms with E-state index in [1.54, 1.807) is 31.3 Å². The van der Waals surface area contributed by atoms with Gasteiger partial charge in [-0.3, -0.25) is 33.9 Å². The lowest BCUT2D eigenvalue weighted by atomic mass is 10.0. The zero-order valence-electron chi connectivity index (χ0n) is 48.5. The van der Waals surface area contributed by atoms with Gasteiger partial charge in [0.05, 0.1) is 156 Å². The largest absolute Gasteiger partial charge is 0.397 e. The summed E-state index contributed by atoms with van der Waals surface area (Å²) in [6.45, 7) is 16.3. The first-order valence-corrected chi connectivity index (χ1v) is 28.2. The molecule has 83 heavy (non-hydrogen) atoms. The Labute approximate surface area is 486 Å². The van der Waals surface area contributed by atoms with Crippen molar-refractivity contribution in [2.75, 3.05) is 189 Å². The molecule has 0 atom stereocenters. The maximum absolute atomic E-state index is 13.1. The predicted octanol–water partition coefficient (Wildman–Crippen LogP) is 1.00. The SMILES string of the molecule is CCCNC(=O)C1=Cc2cnc(C(=O)Nc3ccc(N4CCC(NC(=O)CCOCCOCCOCCOCCOCCOCCOCCOCCOCCOCCNC)CC4)nc3)cc2N=C(N)C1.CCO.O=CCN1C(=O)C=CC1=O. The van der Waals surface area contributed by atoms with Gasteiger partial charge in [-0.25, -0.2) is 9.98 Å². The van der Waals surface area contributed by atoms with Gasteiger partial charge < -0.3 is 89.2 Å². The highest BCUT2D eigenvalue weighted by atomic mass is 16.6. The third-order valence-electron chi connectivity index (χ3n) is 11.6. The van der Waals surface area contributed by atoms with Gasteiger partial charge in [0.2, 0.25) is 11.8 Å². The summed E-state index contributed by atoms with van der Waals surface area (Å²) < 4.78 is 55.0. The van der Waals surface area contributed by atoms with Crippen molar-refractivity contribution in [1.82, 2.24) is 30.8 Å². The van der Waals surface area contributed by atoms with Crippen LogP contribution in [0.15, 0.2) is 53.3 Å². The lowest BCUT2D eigenvalue weighted by Crippen LogP contribution is -2.45. The molecule has 27 nitrogen and oxygen atoms in total. The molecule has 5 heterocycles. The fraction of sp³-hybridized carbons (Fsp3) is 0.625. The topological polar surface area (TPSA) is 334 Å². The number of aromatic nitrogens is 2. The van der Waals surface area contributed by atoms with Crippen LogP contribution in [-0.2, 0) is 71.3 Å². The molecule has 0 spiro atoms. The standard InChI is InChI=1S/C48H77N9O13.C6H5NO3.C2H6O/c1-3-9-51-47(59)38-33-39-36-52-43(35-42(39)56-44(49)34-38)48(60)55-41-4-5-45(53-37-41)57-11-6-40(7-12-57)54-46(58)8-13-61-15-17-63-19-21-65-23-25-67-27-29-69-31-32-70-30-28-68-26-24-66-22-20-64-18-16-62-14-10-50-2;8-4-3-7-5(9)1-2-6(7)10;1-2-3/h4-5,33,35-37,40,50H,3,6-32,34H2,1-2H3,(H2,49,56)(H,51,59)(H,54,58)(H,55,60);1-2,4H,3H2;3H,2H2,1H3. The van der Waals surface area contributed by atoms with Crippen molar-refractivity contribution in [3.8, 4) is 0 Å². The molecule has 3 aliphatic heterocycles. The normalized spacial score (nSPS) is 13.9. The molecule has 3 aliphatic rings. The van der Waals surface area contributed by atoms with Crippen LogP contribution in [0, 0.1) is 0 Å². The zero-order chi connectivity index (χ0) is 60.0. The quantitative estimate of drug-likeness (QED) is 0.0307. The van der Waals surface area contributed by atoms with Crippen LogP contribution in [0.3, 0.4) is 0 Å². The molecule has 0 aromatic carbocycles. The van der Waals surface area contributed by atoms with E-state index in [0.717, 1.165) is 61.8 Å². The number of nitrogens with two attached hydrogens (primary N) is 1. The summed E-state index contributed by atoms with van der Waals surface area (Å²) in [5.41, 5.74) is 8.31. The van der Waals surface area contributed by atoms with E-state index < -0.39 is 17.7 Å². The van der Waals surface area contributed by atoms with Gasteiger partial charge >= 0.3 is 0 Å². The first-order valence-electron chi connectivity index (χ1n) is 28.2. The Morgan fingerprint density at radius 2 is 1.18 bits per heavy atom. The number of pyridine rings is 2. The van der Waals surface area contributed by atoms with Gasteiger partial charge in [-0.1, -0.05) is 6.92 Å². The number of anilines is 2. The molecule has 2 aromatic heterocycles. The fourth-order valence-electron chi connectivity index (χ4n) is 7.41. The van der Waals surface area contributed by atoms with Crippen molar-refractivity contribution in [3.63, 3.8) is 0 Å². The number of likely N-dealkylation sites (N-methyl/N-ethyl adjacent to an activating group) is 1. The summed E-state index contributed by atoms with van der Waals surface area (Å²) in [5.74, 6) is -0.468. The van der Waals surface area contributed by atoms with E-state index in [4.69, 9.17) is 58.2 Å². The van der Waals surface area contributed by atoms with Crippen molar-refractivity contribution in [2.24, 2.45) is 10.7 Å². The predicted molar refractivity (Wildman–Crippen MR) is 308 cm³/mol. The molecular weight excluding hydrogens is 1080 g/mol. The second-order valence-electron chi connectivity index (χ2n) is 18.1. The summed E-state index contributed by atoms with van der Waals surface area (Å²) in [4.78, 5) is 85.7. The maximum Gasteiger partial charge on any atom is 0.274 e. The van der Waals surface area contributed by atoms with Gasteiger partial charge in [-0.2, -0.15) is 0 Å². The minimum absolute atomic E-state index is 0.0456. The maximum atomic E-state index is 13.1. The van der Waals surface area contributed by atoms with Crippen molar-refractivity contribution in [3.05, 3.63) is 59.6 Å². The summed E-state index contributed by atoms with van der Waals surface area (Å²) in [6.07, 6.45) is 10.5. The van der Waals surface area contributed by atoms with Crippen LogP contribution in [0.2, 0.25) is 0 Å². The van der Waals surface area contributed by atoms with Crippen LogP contribution in [0.1, 0.15) is 62.0 Å². The molecule has 0 radical (unpaired) electrons. The molecule has 2 aromatic rings. The molecule has 0 saturated carbocycles. The van der Waals surface area contributed by atoms with E-state index in [1.807, 2.05) is 20.0 Å². The summed E-state index contributed by atoms with van der Waals surface area (Å²) >= 11 is 0. The van der Waals surface area contributed by atoms with Crippen LogP contribution >= 0.6 is 0 Å². The van der Waals surface area contributed by atoms with Gasteiger partial charge in [0, 0.05) is 81.2 Å². The van der Waals surface area contributed by atoms with Crippen LogP contribution in [-0.4, -0.2) is 246 Å². The molecule has 7 N–H and O–H groups in total. The number of aliphatic hydroxyl groups is 1. The fourth-order valence-corrected chi connectivity index (χ4v) is 7.41. The lowest BCUT2D eigenvalue weighted by Gasteiger charge is -2.33. The number of nitrogens with one attached hydrogen (secondary N) is 4. The number of piperidine rings is 1.